The van der Waals surface area contributed by atoms with Crippen molar-refractivity contribution in [2.45, 2.75) is 6.92 Å². The lowest BCUT2D eigenvalue weighted by molar-refractivity contribution is -0.394. The molecule has 0 saturated heterocycles. The lowest BCUT2D eigenvalue weighted by Gasteiger charge is -2.03. The molecule has 0 aromatic heterocycles. The molecule has 0 fully saturated rings. The molecule has 0 aliphatic heterocycles. The van der Waals surface area contributed by atoms with Gasteiger partial charge in [-0.25, -0.2) is 4.79 Å². The van der Waals surface area contributed by atoms with Gasteiger partial charge >= 0.3 is 5.97 Å². The summed E-state index contributed by atoms with van der Waals surface area (Å²) in [6, 6.07) is 2.41. The molecule has 0 spiro atoms. The zero-order chi connectivity index (χ0) is 17.9. The molecule has 1 aliphatic carbocycles. The first kappa shape index (κ1) is 16.7. The highest BCUT2D eigenvalue weighted by Crippen LogP contribution is 2.23. The van der Waals surface area contributed by atoms with Crippen LogP contribution in [0.5, 0.6) is 0 Å². The average Bonchev–Trinajstić information content (AvgIpc) is 2.55. The van der Waals surface area contributed by atoms with Crippen molar-refractivity contribution in [3.05, 3.63) is 67.8 Å². The van der Waals surface area contributed by atoms with Crippen LogP contribution in [0.3, 0.4) is 0 Å². The number of nitrogens with zero attached hydrogens (tertiary/aromatic N) is 3. The van der Waals surface area contributed by atoms with Crippen LogP contribution in [0.4, 0.5) is 11.4 Å². The first-order valence-electron chi connectivity index (χ1n) is 6.42. The van der Waals surface area contributed by atoms with E-state index in [1.807, 2.05) is 0 Å². The standard InChI is InChI=1S/C14H9N3O7/c1-8-4-10(2-3-13(8)18)15-24-14(19)9-5-11(16(20)21)7-12(6-9)17(22)23/h2-7H,1H3/b15-10-. The molecular weight excluding hydrogens is 322 g/mol. The van der Waals surface area contributed by atoms with Crippen LogP contribution in [0.1, 0.15) is 17.3 Å². The first-order chi connectivity index (χ1) is 11.3. The Bertz CT molecular complexity index is 820. The second-order valence-corrected chi connectivity index (χ2v) is 4.67. The highest BCUT2D eigenvalue weighted by atomic mass is 16.7. The molecule has 1 aromatic rings. The second kappa shape index (κ2) is 6.60. The summed E-state index contributed by atoms with van der Waals surface area (Å²) in [7, 11) is 0. The van der Waals surface area contributed by atoms with Crippen LogP contribution in [0.15, 0.2) is 47.2 Å². The van der Waals surface area contributed by atoms with Crippen LogP contribution < -0.4 is 0 Å². The van der Waals surface area contributed by atoms with E-state index in [4.69, 9.17) is 0 Å². The maximum atomic E-state index is 11.9. The van der Waals surface area contributed by atoms with E-state index in [9.17, 15) is 29.8 Å². The highest BCUT2D eigenvalue weighted by Gasteiger charge is 2.21. The number of nitro groups is 2. The van der Waals surface area contributed by atoms with Gasteiger partial charge in [0, 0.05) is 12.1 Å². The Hall–Kier alpha value is -3.69. The van der Waals surface area contributed by atoms with Gasteiger partial charge in [0.25, 0.3) is 11.4 Å². The van der Waals surface area contributed by atoms with E-state index in [-0.39, 0.29) is 11.5 Å². The van der Waals surface area contributed by atoms with Crippen LogP contribution in [0.2, 0.25) is 0 Å². The van der Waals surface area contributed by atoms with Crippen LogP contribution >= 0.6 is 0 Å². The normalized spacial score (nSPS) is 15.1. The Balaban J connectivity index is 2.27. The molecule has 0 N–H and O–H groups in total. The Labute approximate surface area is 134 Å². The van der Waals surface area contributed by atoms with Crippen molar-refractivity contribution in [2.75, 3.05) is 0 Å². The van der Waals surface area contributed by atoms with Crippen LogP contribution in [-0.2, 0) is 9.63 Å². The molecule has 2 rings (SSSR count). The van der Waals surface area contributed by atoms with Crippen molar-refractivity contribution >= 4 is 28.8 Å². The lowest BCUT2D eigenvalue weighted by atomic mass is 10.1. The maximum Gasteiger partial charge on any atom is 0.366 e. The van der Waals surface area contributed by atoms with Gasteiger partial charge in [0.1, 0.15) is 5.71 Å². The monoisotopic (exact) mass is 331 g/mol. The minimum absolute atomic E-state index is 0.181. The summed E-state index contributed by atoms with van der Waals surface area (Å²) >= 11 is 0. The summed E-state index contributed by atoms with van der Waals surface area (Å²) in [5.74, 6) is -1.32. The fraction of sp³-hybridized carbons (Fsp3) is 0.0714. The maximum absolute atomic E-state index is 11.9. The Morgan fingerprint density at radius 3 is 2.17 bits per heavy atom. The summed E-state index contributed by atoms with van der Waals surface area (Å²) in [6.45, 7) is 1.55. The predicted molar refractivity (Wildman–Crippen MR) is 80.5 cm³/mol. The van der Waals surface area contributed by atoms with E-state index < -0.39 is 32.8 Å². The molecule has 1 aromatic carbocycles. The number of benzene rings is 1. The van der Waals surface area contributed by atoms with E-state index in [1.54, 1.807) is 6.92 Å². The van der Waals surface area contributed by atoms with Gasteiger partial charge in [0.15, 0.2) is 5.78 Å². The molecular formula is C14H9N3O7. The molecule has 10 nitrogen and oxygen atoms in total. The number of rotatable bonds is 4. The van der Waals surface area contributed by atoms with E-state index in [2.05, 4.69) is 9.99 Å². The molecule has 0 bridgehead atoms. The number of ketones is 1. The van der Waals surface area contributed by atoms with Crippen LogP contribution in [0, 0.1) is 20.2 Å². The Morgan fingerprint density at radius 1 is 1.08 bits per heavy atom. The van der Waals surface area contributed by atoms with Crippen molar-refractivity contribution in [1.82, 2.24) is 0 Å². The number of hydrogen-bond acceptors (Lipinski definition) is 8. The second-order valence-electron chi connectivity index (χ2n) is 4.67. The first-order valence-corrected chi connectivity index (χ1v) is 6.42. The van der Waals surface area contributed by atoms with Crippen molar-refractivity contribution in [3.63, 3.8) is 0 Å². The SMILES string of the molecule is CC1=C/C(=N\OC(=O)c2cc([N+](=O)[O-])cc([N+](=O)[O-])c2)C=CC1=O. The van der Waals surface area contributed by atoms with Gasteiger partial charge in [0.05, 0.1) is 21.5 Å². The summed E-state index contributed by atoms with van der Waals surface area (Å²) in [5.41, 5.74) is -1.07. The summed E-state index contributed by atoms with van der Waals surface area (Å²) < 4.78 is 0. The van der Waals surface area contributed by atoms with Gasteiger partial charge in [-0.05, 0) is 30.7 Å². The third-order valence-corrected chi connectivity index (χ3v) is 2.95. The van der Waals surface area contributed by atoms with E-state index in [0.29, 0.717) is 5.57 Å². The molecule has 1 aliphatic rings. The summed E-state index contributed by atoms with van der Waals surface area (Å²) in [6.07, 6.45) is 3.93. The molecule has 0 atom stereocenters. The lowest BCUT2D eigenvalue weighted by Crippen LogP contribution is -2.08. The third kappa shape index (κ3) is 3.74. The number of carbonyl (C=O) groups is 2. The minimum Gasteiger partial charge on any atom is -0.312 e. The predicted octanol–water partition coefficient (Wildman–Crippen LogP) is 2.10. The molecule has 122 valence electrons. The number of non-ortho nitro benzene ring substituents is 2. The Morgan fingerprint density at radius 2 is 1.67 bits per heavy atom. The van der Waals surface area contributed by atoms with Gasteiger partial charge in [-0.3, -0.25) is 25.0 Å². The topological polar surface area (TPSA) is 142 Å². The molecule has 0 heterocycles. The molecule has 10 heteroatoms. The van der Waals surface area contributed by atoms with Crippen molar-refractivity contribution < 1.29 is 24.3 Å². The molecule has 24 heavy (non-hydrogen) atoms. The van der Waals surface area contributed by atoms with E-state index >= 15 is 0 Å². The van der Waals surface area contributed by atoms with Crippen LogP contribution in [-0.4, -0.2) is 27.3 Å². The zero-order valence-electron chi connectivity index (χ0n) is 12.2. The fourth-order valence-electron chi connectivity index (χ4n) is 1.76. The molecule has 0 unspecified atom stereocenters. The molecule has 0 radical (unpaired) electrons. The van der Waals surface area contributed by atoms with Crippen LogP contribution in [0.25, 0.3) is 0 Å². The Kier molecular flexibility index (Phi) is 4.59. The highest BCUT2D eigenvalue weighted by molar-refractivity contribution is 6.18. The number of carbonyl (C=O) groups excluding carboxylic acids is 2. The summed E-state index contributed by atoms with van der Waals surface area (Å²) in [5, 5.41) is 25.1. The zero-order valence-corrected chi connectivity index (χ0v) is 12.2. The van der Waals surface area contributed by atoms with Crippen molar-refractivity contribution in [3.8, 4) is 0 Å². The largest absolute Gasteiger partial charge is 0.366 e. The quantitative estimate of drug-likeness (QED) is 0.356. The summed E-state index contributed by atoms with van der Waals surface area (Å²) in [4.78, 5) is 47.6. The third-order valence-electron chi connectivity index (χ3n) is 2.95. The van der Waals surface area contributed by atoms with Crippen molar-refractivity contribution in [2.24, 2.45) is 5.16 Å². The fourth-order valence-corrected chi connectivity index (χ4v) is 1.76. The van der Waals surface area contributed by atoms with E-state index in [0.717, 1.165) is 18.2 Å². The average molecular weight is 331 g/mol. The molecule has 0 saturated carbocycles. The van der Waals surface area contributed by atoms with Gasteiger partial charge in [-0.15, -0.1) is 0 Å². The number of oxime groups is 1. The number of allylic oxidation sites excluding steroid dienone is 4. The van der Waals surface area contributed by atoms with Gasteiger partial charge in [0.2, 0.25) is 0 Å². The number of nitro benzene ring substituents is 2. The molecule has 0 amide bonds. The van der Waals surface area contributed by atoms with Gasteiger partial charge < -0.3 is 4.84 Å². The van der Waals surface area contributed by atoms with E-state index in [1.165, 1.54) is 18.2 Å². The minimum atomic E-state index is -1.11. The van der Waals surface area contributed by atoms with Gasteiger partial charge in [-0.2, -0.15) is 0 Å². The smallest absolute Gasteiger partial charge is 0.312 e. The van der Waals surface area contributed by atoms with Crippen molar-refractivity contribution in [1.29, 1.82) is 0 Å². The number of hydrogen-bond donors (Lipinski definition) is 0. The van der Waals surface area contributed by atoms with Gasteiger partial charge in [-0.1, -0.05) is 5.16 Å².